The zero-order valence-electron chi connectivity index (χ0n) is 10.6. The summed E-state index contributed by atoms with van der Waals surface area (Å²) in [5.74, 6) is -0.520. The van der Waals surface area contributed by atoms with Crippen LogP contribution in [0.1, 0.15) is 28.9 Å². The highest BCUT2D eigenvalue weighted by molar-refractivity contribution is 7.12. The smallest absolute Gasteiger partial charge is 0.261 e. The lowest BCUT2D eigenvalue weighted by Gasteiger charge is -2.14. The van der Waals surface area contributed by atoms with Gasteiger partial charge in [-0.1, -0.05) is 6.07 Å². The van der Waals surface area contributed by atoms with E-state index in [1.807, 2.05) is 11.4 Å². The Kier molecular flexibility index (Phi) is 4.93. The summed E-state index contributed by atoms with van der Waals surface area (Å²) in [5.41, 5.74) is 0. The van der Waals surface area contributed by atoms with Crippen molar-refractivity contribution in [3.63, 3.8) is 0 Å². The topological polar surface area (TPSA) is 78.4 Å². The number of thiophene rings is 1. The molecule has 2 atom stereocenters. The first-order valence-corrected chi connectivity index (χ1v) is 7.34. The first kappa shape index (κ1) is 14.0. The second-order valence-corrected chi connectivity index (χ2v) is 5.58. The third-order valence-electron chi connectivity index (χ3n) is 3.27. The van der Waals surface area contributed by atoms with Gasteiger partial charge >= 0.3 is 0 Å². The van der Waals surface area contributed by atoms with Crippen LogP contribution in [-0.4, -0.2) is 36.1 Å². The number of rotatable bonds is 5. The zero-order chi connectivity index (χ0) is 13.7. The predicted molar refractivity (Wildman–Crippen MR) is 73.0 cm³/mol. The van der Waals surface area contributed by atoms with Crippen molar-refractivity contribution in [1.29, 1.82) is 0 Å². The average molecular weight is 282 g/mol. The van der Waals surface area contributed by atoms with Gasteiger partial charge in [0.05, 0.1) is 16.9 Å². The lowest BCUT2D eigenvalue weighted by molar-refractivity contribution is -0.127. The Bertz CT molecular complexity index is 433. The monoisotopic (exact) mass is 282 g/mol. The minimum absolute atomic E-state index is 0.115. The maximum absolute atomic E-state index is 11.7. The minimum Gasteiger partial charge on any atom is -0.392 e. The molecule has 1 aliphatic carbocycles. The van der Waals surface area contributed by atoms with Gasteiger partial charge in [0.25, 0.3) is 5.91 Å². The van der Waals surface area contributed by atoms with Gasteiger partial charge in [0.15, 0.2) is 0 Å². The van der Waals surface area contributed by atoms with Crippen LogP contribution in [0.4, 0.5) is 0 Å². The number of aliphatic hydroxyl groups excluding tert-OH is 1. The SMILES string of the molecule is O=C(NCCNC(=O)C1CCCC1O)c1cccs1. The molecule has 6 heteroatoms. The second kappa shape index (κ2) is 6.68. The standard InChI is InChI=1S/C13H18N2O3S/c16-10-4-1-3-9(10)12(17)14-6-7-15-13(18)11-5-2-8-19-11/h2,5,8-10,16H,1,3-4,6-7H2,(H,14,17)(H,15,18). The first-order valence-electron chi connectivity index (χ1n) is 6.46. The van der Waals surface area contributed by atoms with Gasteiger partial charge in [-0.15, -0.1) is 11.3 Å². The average Bonchev–Trinajstić information content (AvgIpc) is 3.04. The Morgan fingerprint density at radius 3 is 2.74 bits per heavy atom. The molecule has 0 spiro atoms. The maximum atomic E-state index is 11.7. The van der Waals surface area contributed by atoms with Crippen molar-refractivity contribution in [1.82, 2.24) is 10.6 Å². The van der Waals surface area contributed by atoms with Gasteiger partial charge in [0.1, 0.15) is 0 Å². The van der Waals surface area contributed by atoms with E-state index >= 15 is 0 Å². The van der Waals surface area contributed by atoms with Crippen molar-refractivity contribution >= 4 is 23.2 Å². The van der Waals surface area contributed by atoms with E-state index in [2.05, 4.69) is 10.6 Å². The third kappa shape index (κ3) is 3.78. The van der Waals surface area contributed by atoms with Gasteiger partial charge in [0.2, 0.25) is 5.91 Å². The molecule has 3 N–H and O–H groups in total. The van der Waals surface area contributed by atoms with Crippen molar-refractivity contribution in [2.24, 2.45) is 5.92 Å². The number of hydrogen-bond donors (Lipinski definition) is 3. The summed E-state index contributed by atoms with van der Waals surface area (Å²) in [5, 5.41) is 16.9. The molecule has 0 radical (unpaired) electrons. The Morgan fingerprint density at radius 2 is 2.11 bits per heavy atom. The van der Waals surface area contributed by atoms with Gasteiger partial charge in [-0.2, -0.15) is 0 Å². The number of carbonyl (C=O) groups is 2. The molecule has 1 aliphatic rings. The predicted octanol–water partition coefficient (Wildman–Crippen LogP) is 0.755. The van der Waals surface area contributed by atoms with Crippen LogP contribution in [0.2, 0.25) is 0 Å². The van der Waals surface area contributed by atoms with E-state index in [0.29, 0.717) is 24.4 Å². The van der Waals surface area contributed by atoms with E-state index in [1.165, 1.54) is 11.3 Å². The molecule has 1 saturated carbocycles. The molecule has 0 aliphatic heterocycles. The van der Waals surface area contributed by atoms with Gasteiger partial charge in [-0.05, 0) is 30.7 Å². The first-order chi connectivity index (χ1) is 9.18. The highest BCUT2D eigenvalue weighted by atomic mass is 32.1. The minimum atomic E-state index is -0.513. The summed E-state index contributed by atoms with van der Waals surface area (Å²) in [4.78, 5) is 24.0. The van der Waals surface area contributed by atoms with Crippen molar-refractivity contribution in [3.05, 3.63) is 22.4 Å². The number of aliphatic hydroxyl groups is 1. The molecule has 1 aromatic rings. The maximum Gasteiger partial charge on any atom is 0.261 e. The molecule has 2 amide bonds. The fraction of sp³-hybridized carbons (Fsp3) is 0.538. The quantitative estimate of drug-likeness (QED) is 0.698. The van der Waals surface area contributed by atoms with Gasteiger partial charge < -0.3 is 15.7 Å². The van der Waals surface area contributed by atoms with Crippen LogP contribution >= 0.6 is 11.3 Å². The van der Waals surface area contributed by atoms with E-state index in [1.54, 1.807) is 6.07 Å². The molecule has 2 rings (SSSR count). The molecule has 1 heterocycles. The molecular weight excluding hydrogens is 264 g/mol. The van der Waals surface area contributed by atoms with Crippen LogP contribution in [0.15, 0.2) is 17.5 Å². The van der Waals surface area contributed by atoms with Crippen LogP contribution in [0.3, 0.4) is 0 Å². The number of amides is 2. The van der Waals surface area contributed by atoms with Crippen LogP contribution < -0.4 is 10.6 Å². The van der Waals surface area contributed by atoms with E-state index < -0.39 is 6.10 Å². The summed E-state index contributed by atoms with van der Waals surface area (Å²) in [6.07, 6.45) is 1.83. The lowest BCUT2D eigenvalue weighted by atomic mass is 10.1. The molecule has 0 saturated heterocycles. The molecule has 104 valence electrons. The van der Waals surface area contributed by atoms with Crippen molar-refractivity contribution in [3.8, 4) is 0 Å². The van der Waals surface area contributed by atoms with E-state index in [9.17, 15) is 14.7 Å². The highest BCUT2D eigenvalue weighted by Gasteiger charge is 2.30. The molecule has 19 heavy (non-hydrogen) atoms. The Morgan fingerprint density at radius 1 is 1.32 bits per heavy atom. The molecule has 0 bridgehead atoms. The lowest BCUT2D eigenvalue weighted by Crippen LogP contribution is -2.39. The summed E-state index contributed by atoms with van der Waals surface area (Å²) in [6.45, 7) is 0.782. The molecule has 2 unspecified atom stereocenters. The van der Waals surface area contributed by atoms with E-state index in [-0.39, 0.29) is 17.7 Å². The Hall–Kier alpha value is -1.40. The van der Waals surface area contributed by atoms with Gasteiger partial charge in [-0.25, -0.2) is 0 Å². The zero-order valence-corrected chi connectivity index (χ0v) is 11.4. The van der Waals surface area contributed by atoms with Crippen molar-refractivity contribution in [2.45, 2.75) is 25.4 Å². The fourth-order valence-corrected chi connectivity index (χ4v) is 2.87. The Labute approximate surface area is 116 Å². The number of nitrogens with one attached hydrogen (secondary N) is 2. The largest absolute Gasteiger partial charge is 0.392 e. The van der Waals surface area contributed by atoms with Crippen molar-refractivity contribution in [2.75, 3.05) is 13.1 Å². The van der Waals surface area contributed by atoms with E-state index in [4.69, 9.17) is 0 Å². The Balaban J connectivity index is 1.64. The number of carbonyl (C=O) groups excluding carboxylic acids is 2. The van der Waals surface area contributed by atoms with E-state index in [0.717, 1.165) is 12.8 Å². The summed E-state index contributed by atoms with van der Waals surface area (Å²) in [7, 11) is 0. The van der Waals surface area contributed by atoms with Crippen LogP contribution in [0.25, 0.3) is 0 Å². The van der Waals surface area contributed by atoms with Crippen LogP contribution in [0, 0.1) is 5.92 Å². The summed E-state index contributed by atoms with van der Waals surface area (Å²) >= 11 is 1.38. The van der Waals surface area contributed by atoms with Crippen LogP contribution in [0.5, 0.6) is 0 Å². The third-order valence-corrected chi connectivity index (χ3v) is 4.14. The molecule has 0 aromatic carbocycles. The molecule has 1 aromatic heterocycles. The highest BCUT2D eigenvalue weighted by Crippen LogP contribution is 2.25. The molecule has 5 nitrogen and oxygen atoms in total. The van der Waals surface area contributed by atoms with Gasteiger partial charge in [0, 0.05) is 13.1 Å². The fourth-order valence-electron chi connectivity index (χ4n) is 2.23. The summed E-state index contributed by atoms with van der Waals surface area (Å²) < 4.78 is 0. The van der Waals surface area contributed by atoms with Gasteiger partial charge in [-0.3, -0.25) is 9.59 Å². The van der Waals surface area contributed by atoms with Crippen LogP contribution in [-0.2, 0) is 4.79 Å². The molecule has 1 fully saturated rings. The van der Waals surface area contributed by atoms with Crippen molar-refractivity contribution < 1.29 is 14.7 Å². The normalized spacial score (nSPS) is 22.2. The second-order valence-electron chi connectivity index (χ2n) is 4.63. The number of hydrogen-bond acceptors (Lipinski definition) is 4. The summed E-state index contributed by atoms with van der Waals surface area (Å²) in [6, 6.07) is 3.58. The molecular formula is C13H18N2O3S.